The Labute approximate surface area is 109 Å². The monoisotopic (exact) mass is 266 g/mol. The van der Waals surface area contributed by atoms with Crippen LogP contribution in [0, 0.1) is 6.92 Å². The standard InChI is InChI=1S/C11H14N4O2S/c1-7-12-8(6-18-7)5-15(2)11(17)9-3-4-10(16)14-13-9/h6H,3-5H2,1-2H3,(H,14,16). The van der Waals surface area contributed by atoms with Crippen LogP contribution in [0.5, 0.6) is 0 Å². The molecule has 0 aromatic carbocycles. The van der Waals surface area contributed by atoms with Crippen molar-refractivity contribution in [3.05, 3.63) is 16.1 Å². The largest absolute Gasteiger partial charge is 0.335 e. The third kappa shape index (κ3) is 2.92. The maximum absolute atomic E-state index is 12.0. The van der Waals surface area contributed by atoms with E-state index in [0.29, 0.717) is 25.1 Å². The lowest BCUT2D eigenvalue weighted by atomic mass is 10.1. The van der Waals surface area contributed by atoms with Crippen molar-refractivity contribution in [2.75, 3.05) is 7.05 Å². The van der Waals surface area contributed by atoms with Crippen molar-refractivity contribution in [3.63, 3.8) is 0 Å². The molecule has 0 saturated heterocycles. The topological polar surface area (TPSA) is 74.7 Å². The van der Waals surface area contributed by atoms with Gasteiger partial charge in [0.25, 0.3) is 5.91 Å². The molecule has 2 heterocycles. The van der Waals surface area contributed by atoms with E-state index >= 15 is 0 Å². The first kappa shape index (κ1) is 12.7. The van der Waals surface area contributed by atoms with Crippen LogP contribution < -0.4 is 5.43 Å². The quantitative estimate of drug-likeness (QED) is 0.874. The highest BCUT2D eigenvalue weighted by Crippen LogP contribution is 2.11. The molecule has 0 atom stereocenters. The molecule has 0 radical (unpaired) electrons. The van der Waals surface area contributed by atoms with Gasteiger partial charge in [0.1, 0.15) is 5.71 Å². The van der Waals surface area contributed by atoms with Crippen LogP contribution in [0.4, 0.5) is 0 Å². The molecule has 1 aliphatic rings. The van der Waals surface area contributed by atoms with Crippen LogP contribution in [-0.4, -0.2) is 34.5 Å². The molecule has 7 heteroatoms. The number of aryl methyl sites for hydroxylation is 1. The van der Waals surface area contributed by atoms with Gasteiger partial charge in [0.2, 0.25) is 5.91 Å². The summed E-state index contributed by atoms with van der Waals surface area (Å²) < 4.78 is 0. The van der Waals surface area contributed by atoms with Crippen LogP contribution in [0.15, 0.2) is 10.5 Å². The molecule has 1 N–H and O–H groups in total. The summed E-state index contributed by atoms with van der Waals surface area (Å²) in [6, 6.07) is 0. The Hall–Kier alpha value is -1.76. The maximum atomic E-state index is 12.0. The second-order valence-corrected chi connectivity index (χ2v) is 5.17. The Bertz CT molecular complexity index is 509. The molecule has 0 unspecified atom stereocenters. The zero-order valence-corrected chi connectivity index (χ0v) is 11.1. The minimum absolute atomic E-state index is 0.149. The number of carbonyl (C=O) groups is 2. The lowest BCUT2D eigenvalue weighted by molar-refractivity contribution is -0.124. The summed E-state index contributed by atoms with van der Waals surface area (Å²) in [6.07, 6.45) is 0.708. The Morgan fingerprint density at radius 3 is 2.89 bits per heavy atom. The Balaban J connectivity index is 1.98. The van der Waals surface area contributed by atoms with Crippen LogP contribution in [0.2, 0.25) is 0 Å². The normalized spacial score (nSPS) is 15.0. The van der Waals surface area contributed by atoms with E-state index in [1.807, 2.05) is 12.3 Å². The number of carbonyl (C=O) groups excluding carboxylic acids is 2. The number of aromatic nitrogens is 1. The number of hydrazone groups is 1. The fourth-order valence-electron chi connectivity index (χ4n) is 1.64. The first-order valence-electron chi connectivity index (χ1n) is 5.58. The predicted molar refractivity (Wildman–Crippen MR) is 68.1 cm³/mol. The van der Waals surface area contributed by atoms with E-state index in [0.717, 1.165) is 10.7 Å². The molecule has 18 heavy (non-hydrogen) atoms. The summed E-state index contributed by atoms with van der Waals surface area (Å²) in [4.78, 5) is 28.8. The fourth-order valence-corrected chi connectivity index (χ4v) is 2.25. The highest BCUT2D eigenvalue weighted by Gasteiger charge is 2.21. The van der Waals surface area contributed by atoms with Crippen molar-refractivity contribution in [1.29, 1.82) is 0 Å². The Kier molecular flexibility index (Phi) is 3.71. The third-order valence-corrected chi connectivity index (χ3v) is 3.39. The smallest absolute Gasteiger partial charge is 0.270 e. The SMILES string of the molecule is Cc1nc(CN(C)C(=O)C2=NNC(=O)CC2)cs1. The van der Waals surface area contributed by atoms with E-state index in [9.17, 15) is 9.59 Å². The average molecular weight is 266 g/mol. The van der Waals surface area contributed by atoms with Gasteiger partial charge in [-0.2, -0.15) is 5.10 Å². The van der Waals surface area contributed by atoms with Crippen molar-refractivity contribution in [2.45, 2.75) is 26.3 Å². The zero-order chi connectivity index (χ0) is 13.1. The second kappa shape index (κ2) is 5.26. The molecule has 0 spiro atoms. The first-order valence-corrected chi connectivity index (χ1v) is 6.46. The van der Waals surface area contributed by atoms with Gasteiger partial charge in [-0.05, 0) is 6.92 Å². The van der Waals surface area contributed by atoms with Crippen LogP contribution in [0.25, 0.3) is 0 Å². The number of amides is 2. The van der Waals surface area contributed by atoms with Crippen molar-refractivity contribution in [1.82, 2.24) is 15.3 Å². The maximum Gasteiger partial charge on any atom is 0.270 e. The molecule has 2 amide bonds. The Morgan fingerprint density at radius 2 is 2.33 bits per heavy atom. The van der Waals surface area contributed by atoms with Crippen LogP contribution >= 0.6 is 11.3 Å². The summed E-state index contributed by atoms with van der Waals surface area (Å²) >= 11 is 1.56. The molecular formula is C11H14N4O2S. The summed E-state index contributed by atoms with van der Waals surface area (Å²) in [7, 11) is 1.70. The molecule has 0 bridgehead atoms. The highest BCUT2D eigenvalue weighted by atomic mass is 32.1. The van der Waals surface area contributed by atoms with Gasteiger partial charge in [-0.15, -0.1) is 11.3 Å². The second-order valence-electron chi connectivity index (χ2n) is 4.11. The van der Waals surface area contributed by atoms with Gasteiger partial charge < -0.3 is 4.90 Å². The molecule has 2 rings (SSSR count). The number of hydrogen-bond acceptors (Lipinski definition) is 5. The van der Waals surface area contributed by atoms with E-state index in [1.165, 1.54) is 0 Å². The minimum Gasteiger partial charge on any atom is -0.335 e. The van der Waals surface area contributed by atoms with Crippen LogP contribution in [-0.2, 0) is 16.1 Å². The molecule has 1 aromatic rings. The van der Waals surface area contributed by atoms with Crippen LogP contribution in [0.3, 0.4) is 0 Å². The van der Waals surface area contributed by atoms with E-state index in [1.54, 1.807) is 23.3 Å². The molecule has 0 aliphatic carbocycles. The summed E-state index contributed by atoms with van der Waals surface area (Å²) in [6.45, 7) is 2.38. The summed E-state index contributed by atoms with van der Waals surface area (Å²) in [5.74, 6) is -0.315. The van der Waals surface area contributed by atoms with Crippen molar-refractivity contribution in [2.24, 2.45) is 5.10 Å². The third-order valence-electron chi connectivity index (χ3n) is 2.56. The molecule has 0 saturated carbocycles. The lowest BCUT2D eigenvalue weighted by Gasteiger charge is -2.18. The average Bonchev–Trinajstić information content (AvgIpc) is 2.75. The van der Waals surface area contributed by atoms with E-state index in [2.05, 4.69) is 15.5 Å². The first-order chi connectivity index (χ1) is 8.56. The van der Waals surface area contributed by atoms with Crippen molar-refractivity contribution >= 4 is 28.9 Å². The van der Waals surface area contributed by atoms with Crippen LogP contribution in [0.1, 0.15) is 23.5 Å². The molecule has 96 valence electrons. The molecule has 1 aliphatic heterocycles. The van der Waals surface area contributed by atoms with Gasteiger partial charge in [0.05, 0.1) is 17.2 Å². The number of nitrogens with one attached hydrogen (secondary N) is 1. The zero-order valence-electron chi connectivity index (χ0n) is 10.3. The van der Waals surface area contributed by atoms with Gasteiger partial charge in [0, 0.05) is 25.3 Å². The van der Waals surface area contributed by atoms with Gasteiger partial charge in [0.15, 0.2) is 0 Å². The number of thiazole rings is 1. The van der Waals surface area contributed by atoms with Crippen molar-refractivity contribution in [3.8, 4) is 0 Å². The predicted octanol–water partition coefficient (Wildman–Crippen LogP) is 0.676. The van der Waals surface area contributed by atoms with Gasteiger partial charge in [-0.3, -0.25) is 9.59 Å². The molecule has 0 fully saturated rings. The Morgan fingerprint density at radius 1 is 1.56 bits per heavy atom. The van der Waals surface area contributed by atoms with Gasteiger partial charge in [-0.25, -0.2) is 10.4 Å². The molecular weight excluding hydrogens is 252 g/mol. The lowest BCUT2D eigenvalue weighted by Crippen LogP contribution is -2.37. The number of hydrogen-bond donors (Lipinski definition) is 1. The molecule has 6 nitrogen and oxygen atoms in total. The minimum atomic E-state index is -0.166. The molecule has 1 aromatic heterocycles. The number of nitrogens with zero attached hydrogens (tertiary/aromatic N) is 3. The van der Waals surface area contributed by atoms with Gasteiger partial charge >= 0.3 is 0 Å². The van der Waals surface area contributed by atoms with E-state index < -0.39 is 0 Å². The number of rotatable bonds is 3. The van der Waals surface area contributed by atoms with Gasteiger partial charge in [-0.1, -0.05) is 0 Å². The fraction of sp³-hybridized carbons (Fsp3) is 0.455. The summed E-state index contributed by atoms with van der Waals surface area (Å²) in [5, 5.41) is 6.70. The van der Waals surface area contributed by atoms with E-state index in [-0.39, 0.29) is 11.8 Å². The summed E-state index contributed by atoms with van der Waals surface area (Å²) in [5.41, 5.74) is 3.59. The van der Waals surface area contributed by atoms with E-state index in [4.69, 9.17) is 0 Å². The highest BCUT2D eigenvalue weighted by molar-refractivity contribution is 7.09. The van der Waals surface area contributed by atoms with Crippen molar-refractivity contribution < 1.29 is 9.59 Å².